The van der Waals surface area contributed by atoms with Gasteiger partial charge in [0.15, 0.2) is 5.60 Å². The van der Waals surface area contributed by atoms with Gasteiger partial charge in [-0.1, -0.05) is 0 Å². The van der Waals surface area contributed by atoms with Crippen molar-refractivity contribution in [2.45, 2.75) is 25.4 Å². The summed E-state index contributed by atoms with van der Waals surface area (Å²) in [5.74, 6) is 1.03. The van der Waals surface area contributed by atoms with Crippen LogP contribution in [0.5, 0.6) is 0 Å². The van der Waals surface area contributed by atoms with Gasteiger partial charge in [0.2, 0.25) is 0 Å². The molecular formula is C10H16N2O4. The normalized spacial score (nSPS) is 13.3. The highest BCUT2D eigenvalue weighted by atomic mass is 16.4. The Hall–Kier alpha value is -1.74. The quantitative estimate of drug-likeness (QED) is 0.365. The van der Waals surface area contributed by atoms with E-state index >= 15 is 0 Å². The van der Waals surface area contributed by atoms with Crippen molar-refractivity contribution < 1.29 is 19.8 Å². The third-order valence-corrected chi connectivity index (χ3v) is 1.84. The number of hydrogen-bond acceptors (Lipinski definition) is 3. The topological polar surface area (TPSA) is 98.7 Å². The first-order valence-electron chi connectivity index (χ1n) is 4.81. The summed E-state index contributed by atoms with van der Waals surface area (Å²) >= 11 is 0. The molecule has 2 amide bonds. The molecule has 6 heteroatoms. The molecule has 0 rings (SSSR count). The minimum atomic E-state index is -1.96. The van der Waals surface area contributed by atoms with E-state index in [9.17, 15) is 14.7 Å². The average molecular weight is 228 g/mol. The maximum atomic E-state index is 11.1. The number of carbonyl (C=O) groups excluding carboxylic acids is 1. The van der Waals surface area contributed by atoms with Gasteiger partial charge in [0.05, 0.1) is 6.54 Å². The molecule has 1 atom stereocenters. The summed E-state index contributed by atoms with van der Waals surface area (Å²) in [6.07, 6.45) is 6.23. The fourth-order valence-electron chi connectivity index (χ4n) is 0.783. The van der Waals surface area contributed by atoms with Crippen LogP contribution < -0.4 is 10.6 Å². The third kappa shape index (κ3) is 5.88. The van der Waals surface area contributed by atoms with E-state index in [0.717, 1.165) is 6.92 Å². The van der Waals surface area contributed by atoms with Crippen molar-refractivity contribution in [1.29, 1.82) is 0 Å². The molecule has 4 N–H and O–H groups in total. The SMILES string of the molecule is C#CCCCNC(=O)NCC(C)(O)C(=O)O. The fraction of sp³-hybridized carbons (Fsp3) is 0.600. The Bertz CT molecular complexity index is 294. The Morgan fingerprint density at radius 3 is 2.56 bits per heavy atom. The molecule has 0 spiro atoms. The molecule has 6 nitrogen and oxygen atoms in total. The second kappa shape index (κ2) is 6.69. The molecule has 0 aromatic carbocycles. The van der Waals surface area contributed by atoms with Gasteiger partial charge < -0.3 is 20.8 Å². The maximum absolute atomic E-state index is 11.1. The van der Waals surface area contributed by atoms with Crippen molar-refractivity contribution in [2.75, 3.05) is 13.1 Å². The molecule has 16 heavy (non-hydrogen) atoms. The number of carboxylic acid groups (broad SMARTS) is 1. The highest BCUT2D eigenvalue weighted by Gasteiger charge is 2.30. The van der Waals surface area contributed by atoms with E-state index in [0.29, 0.717) is 19.4 Å². The van der Waals surface area contributed by atoms with Crippen LogP contribution in [0.25, 0.3) is 0 Å². The minimum Gasteiger partial charge on any atom is -0.479 e. The molecule has 90 valence electrons. The van der Waals surface area contributed by atoms with Crippen LogP contribution in [0, 0.1) is 12.3 Å². The van der Waals surface area contributed by atoms with Crippen LogP contribution >= 0.6 is 0 Å². The van der Waals surface area contributed by atoms with E-state index in [4.69, 9.17) is 11.5 Å². The Balaban J connectivity index is 3.74. The van der Waals surface area contributed by atoms with Crippen LogP contribution in [-0.4, -0.2) is 40.9 Å². The van der Waals surface area contributed by atoms with E-state index in [1.165, 1.54) is 0 Å². The molecule has 0 bridgehead atoms. The molecule has 0 aliphatic carbocycles. The molecule has 1 unspecified atom stereocenters. The van der Waals surface area contributed by atoms with Crippen LogP contribution in [0.15, 0.2) is 0 Å². The smallest absolute Gasteiger partial charge is 0.337 e. The van der Waals surface area contributed by atoms with Crippen molar-refractivity contribution in [3.8, 4) is 12.3 Å². The van der Waals surface area contributed by atoms with E-state index < -0.39 is 17.6 Å². The lowest BCUT2D eigenvalue weighted by Crippen LogP contribution is -2.49. The number of unbranched alkanes of at least 4 members (excludes halogenated alkanes) is 1. The molecule has 0 aromatic rings. The van der Waals surface area contributed by atoms with E-state index in [1.54, 1.807) is 0 Å². The monoisotopic (exact) mass is 228 g/mol. The molecule has 0 aromatic heterocycles. The van der Waals surface area contributed by atoms with Gasteiger partial charge in [-0.05, 0) is 13.3 Å². The number of nitrogens with one attached hydrogen (secondary N) is 2. The van der Waals surface area contributed by atoms with E-state index in [-0.39, 0.29) is 6.54 Å². The molecular weight excluding hydrogens is 212 g/mol. The number of rotatable bonds is 6. The molecule has 0 radical (unpaired) electrons. The summed E-state index contributed by atoms with van der Waals surface area (Å²) in [4.78, 5) is 21.6. The van der Waals surface area contributed by atoms with Crippen LogP contribution in [0.1, 0.15) is 19.8 Å². The van der Waals surface area contributed by atoms with Gasteiger partial charge >= 0.3 is 12.0 Å². The molecule has 0 saturated heterocycles. The minimum absolute atomic E-state index is 0.358. The first-order valence-corrected chi connectivity index (χ1v) is 4.81. The predicted molar refractivity (Wildman–Crippen MR) is 57.7 cm³/mol. The van der Waals surface area contributed by atoms with Crippen LogP contribution in [0.2, 0.25) is 0 Å². The summed E-state index contributed by atoms with van der Waals surface area (Å²) in [5.41, 5.74) is -1.96. The predicted octanol–water partition coefficient (Wildman–Crippen LogP) is -0.465. The second-order valence-corrected chi connectivity index (χ2v) is 3.50. The lowest BCUT2D eigenvalue weighted by atomic mass is 10.1. The number of aliphatic hydroxyl groups is 1. The Morgan fingerprint density at radius 2 is 2.06 bits per heavy atom. The van der Waals surface area contributed by atoms with Gasteiger partial charge in [0.1, 0.15) is 0 Å². The molecule has 0 saturated carbocycles. The van der Waals surface area contributed by atoms with Gasteiger partial charge in [-0.25, -0.2) is 9.59 Å². The lowest BCUT2D eigenvalue weighted by Gasteiger charge is -2.18. The summed E-state index contributed by atoms with van der Waals surface area (Å²) < 4.78 is 0. The Kier molecular flexibility index (Phi) is 5.96. The van der Waals surface area contributed by atoms with E-state index in [2.05, 4.69) is 16.6 Å². The number of terminal acetylenes is 1. The molecule has 0 fully saturated rings. The maximum Gasteiger partial charge on any atom is 0.337 e. The third-order valence-electron chi connectivity index (χ3n) is 1.84. The number of hydrogen-bond donors (Lipinski definition) is 4. The Labute approximate surface area is 94.0 Å². The van der Waals surface area contributed by atoms with E-state index in [1.807, 2.05) is 0 Å². The number of aliphatic carboxylic acids is 1. The summed E-state index contributed by atoms with van der Waals surface area (Å²) in [5, 5.41) is 22.6. The van der Waals surface area contributed by atoms with Crippen LogP contribution in [0.4, 0.5) is 4.79 Å². The number of amides is 2. The first-order chi connectivity index (χ1) is 7.40. The molecule has 0 heterocycles. The van der Waals surface area contributed by atoms with Gasteiger partial charge in [0.25, 0.3) is 0 Å². The standard InChI is InChI=1S/C10H16N2O4/c1-3-4-5-6-11-9(15)12-7-10(2,16)8(13)14/h1,16H,4-7H2,2H3,(H,13,14)(H2,11,12,15). The zero-order chi connectivity index (χ0) is 12.6. The van der Waals surface area contributed by atoms with Crippen molar-refractivity contribution in [3.05, 3.63) is 0 Å². The van der Waals surface area contributed by atoms with Crippen LogP contribution in [-0.2, 0) is 4.79 Å². The van der Waals surface area contributed by atoms with Crippen molar-refractivity contribution >= 4 is 12.0 Å². The number of carbonyl (C=O) groups is 2. The number of carboxylic acids is 1. The van der Waals surface area contributed by atoms with Gasteiger partial charge in [0, 0.05) is 13.0 Å². The highest BCUT2D eigenvalue weighted by molar-refractivity contribution is 5.79. The van der Waals surface area contributed by atoms with Gasteiger partial charge in [-0.15, -0.1) is 12.3 Å². The molecule has 0 aliphatic rings. The average Bonchev–Trinajstić information content (AvgIpc) is 2.21. The Morgan fingerprint density at radius 1 is 1.44 bits per heavy atom. The molecule has 0 aliphatic heterocycles. The highest BCUT2D eigenvalue weighted by Crippen LogP contribution is 2.00. The lowest BCUT2D eigenvalue weighted by molar-refractivity contribution is -0.155. The fourth-order valence-corrected chi connectivity index (χ4v) is 0.783. The largest absolute Gasteiger partial charge is 0.479 e. The van der Waals surface area contributed by atoms with Crippen molar-refractivity contribution in [3.63, 3.8) is 0 Å². The first kappa shape index (κ1) is 14.3. The second-order valence-electron chi connectivity index (χ2n) is 3.50. The van der Waals surface area contributed by atoms with Crippen molar-refractivity contribution in [2.24, 2.45) is 0 Å². The van der Waals surface area contributed by atoms with Crippen molar-refractivity contribution in [1.82, 2.24) is 10.6 Å². The summed E-state index contributed by atoms with van der Waals surface area (Å²) in [7, 11) is 0. The zero-order valence-corrected chi connectivity index (χ0v) is 9.12. The van der Waals surface area contributed by atoms with Gasteiger partial charge in [-0.3, -0.25) is 0 Å². The van der Waals surface area contributed by atoms with Gasteiger partial charge in [-0.2, -0.15) is 0 Å². The zero-order valence-electron chi connectivity index (χ0n) is 9.12. The summed E-state index contributed by atoms with van der Waals surface area (Å²) in [6.45, 7) is 1.16. The number of urea groups is 1. The van der Waals surface area contributed by atoms with Crippen LogP contribution in [0.3, 0.4) is 0 Å². The summed E-state index contributed by atoms with van der Waals surface area (Å²) in [6, 6.07) is -0.529.